The number of hydrogen-bond donors (Lipinski definition) is 2. The Hall–Kier alpha value is -1.27. The Bertz CT molecular complexity index is 556. The van der Waals surface area contributed by atoms with E-state index in [-0.39, 0.29) is 11.8 Å². The lowest BCUT2D eigenvalue weighted by Gasteiger charge is -2.15. The van der Waals surface area contributed by atoms with E-state index in [1.807, 2.05) is 6.07 Å². The number of carbonyl (C=O) groups is 1. The molecule has 1 saturated carbocycles. The SMILES string of the molecule is NC(CC(=O)O)c1cc2c(cc1Br)OCC1(CC1)CO2. The lowest BCUT2D eigenvalue weighted by molar-refractivity contribution is -0.137. The predicted octanol–water partition coefficient (Wildman–Crippen LogP) is 2.48. The summed E-state index contributed by atoms with van der Waals surface area (Å²) in [5, 5.41) is 8.85. The van der Waals surface area contributed by atoms with Gasteiger partial charge >= 0.3 is 5.97 Å². The van der Waals surface area contributed by atoms with Gasteiger partial charge in [-0.2, -0.15) is 0 Å². The van der Waals surface area contributed by atoms with Crippen molar-refractivity contribution in [3.8, 4) is 11.5 Å². The van der Waals surface area contributed by atoms with Gasteiger partial charge in [0.05, 0.1) is 19.6 Å². The van der Waals surface area contributed by atoms with Crippen LogP contribution in [0.2, 0.25) is 0 Å². The Kier molecular flexibility index (Phi) is 3.38. The second-order valence-corrected chi connectivity index (χ2v) is 6.46. The third-order valence-corrected chi connectivity index (χ3v) is 4.57. The molecule has 0 aromatic heterocycles. The van der Waals surface area contributed by atoms with Crippen molar-refractivity contribution < 1.29 is 19.4 Å². The molecule has 3 rings (SSSR count). The van der Waals surface area contributed by atoms with E-state index in [2.05, 4.69) is 15.9 Å². The summed E-state index contributed by atoms with van der Waals surface area (Å²) in [6, 6.07) is 3.02. The topological polar surface area (TPSA) is 81.8 Å². The molecule has 1 aromatic carbocycles. The van der Waals surface area contributed by atoms with Crippen LogP contribution in [0.3, 0.4) is 0 Å². The number of carboxylic acids is 1. The fraction of sp³-hybridized carbons (Fsp3) is 0.500. The number of benzene rings is 1. The first-order chi connectivity index (χ1) is 9.49. The Labute approximate surface area is 125 Å². The van der Waals surface area contributed by atoms with Crippen molar-refractivity contribution in [3.05, 3.63) is 22.2 Å². The number of rotatable bonds is 3. The Balaban J connectivity index is 1.87. The number of hydrogen-bond acceptors (Lipinski definition) is 4. The maximum Gasteiger partial charge on any atom is 0.305 e. The van der Waals surface area contributed by atoms with Gasteiger partial charge in [-0.25, -0.2) is 0 Å². The first kappa shape index (κ1) is 13.7. The van der Waals surface area contributed by atoms with Crippen LogP contribution in [-0.2, 0) is 4.79 Å². The molecule has 6 heteroatoms. The summed E-state index contributed by atoms with van der Waals surface area (Å²) in [7, 11) is 0. The third-order valence-electron chi connectivity index (χ3n) is 3.88. The normalized spacial score (nSPS) is 20.3. The maximum atomic E-state index is 10.8. The number of halogens is 1. The van der Waals surface area contributed by atoms with E-state index in [4.69, 9.17) is 20.3 Å². The summed E-state index contributed by atoms with van der Waals surface area (Å²) in [6.45, 7) is 1.32. The van der Waals surface area contributed by atoms with Gasteiger partial charge in [-0.15, -0.1) is 0 Å². The molecule has 1 unspecified atom stereocenters. The van der Waals surface area contributed by atoms with Crippen LogP contribution < -0.4 is 15.2 Å². The van der Waals surface area contributed by atoms with Crippen molar-refractivity contribution in [1.29, 1.82) is 0 Å². The number of ether oxygens (including phenoxy) is 2. The van der Waals surface area contributed by atoms with Crippen LogP contribution in [0.15, 0.2) is 16.6 Å². The summed E-state index contributed by atoms with van der Waals surface area (Å²) < 4.78 is 12.4. The van der Waals surface area contributed by atoms with Crippen LogP contribution in [0.4, 0.5) is 0 Å². The van der Waals surface area contributed by atoms with Crippen molar-refractivity contribution in [2.45, 2.75) is 25.3 Å². The zero-order valence-electron chi connectivity index (χ0n) is 10.9. The molecule has 5 nitrogen and oxygen atoms in total. The highest BCUT2D eigenvalue weighted by atomic mass is 79.9. The molecule has 1 atom stereocenters. The van der Waals surface area contributed by atoms with Gasteiger partial charge in [0, 0.05) is 15.9 Å². The largest absolute Gasteiger partial charge is 0.489 e. The number of fused-ring (bicyclic) bond motifs is 1. The molecular formula is C14H16BrNO4. The molecule has 1 spiro atoms. The summed E-state index contributed by atoms with van der Waals surface area (Å²) in [5.74, 6) is 0.410. The number of nitrogens with two attached hydrogens (primary N) is 1. The Morgan fingerprint density at radius 2 is 1.95 bits per heavy atom. The van der Waals surface area contributed by atoms with E-state index < -0.39 is 12.0 Å². The van der Waals surface area contributed by atoms with E-state index in [0.29, 0.717) is 24.7 Å². The van der Waals surface area contributed by atoms with Crippen molar-refractivity contribution in [3.63, 3.8) is 0 Å². The van der Waals surface area contributed by atoms with Crippen LogP contribution in [0, 0.1) is 5.41 Å². The van der Waals surface area contributed by atoms with Crippen molar-refractivity contribution in [1.82, 2.24) is 0 Å². The van der Waals surface area contributed by atoms with Crippen LogP contribution >= 0.6 is 15.9 Å². The molecule has 1 fully saturated rings. The standard InChI is InChI=1S/C14H16BrNO4/c15-9-4-12-11(3-8(9)10(16)5-13(17)18)19-6-14(1-2-14)7-20-12/h3-4,10H,1-2,5-7,16H2,(H,17,18). The van der Waals surface area contributed by atoms with E-state index in [1.54, 1.807) is 6.07 Å². The second kappa shape index (κ2) is 4.93. The first-order valence-corrected chi connectivity index (χ1v) is 7.35. The zero-order valence-corrected chi connectivity index (χ0v) is 12.5. The maximum absolute atomic E-state index is 10.8. The first-order valence-electron chi connectivity index (χ1n) is 6.56. The minimum atomic E-state index is -0.923. The van der Waals surface area contributed by atoms with Gasteiger partial charge in [0.15, 0.2) is 11.5 Å². The van der Waals surface area contributed by atoms with Crippen molar-refractivity contribution in [2.75, 3.05) is 13.2 Å². The minimum Gasteiger partial charge on any atom is -0.489 e. The Morgan fingerprint density at radius 3 is 2.50 bits per heavy atom. The monoisotopic (exact) mass is 341 g/mol. The molecule has 1 heterocycles. The molecule has 1 aromatic rings. The van der Waals surface area contributed by atoms with E-state index in [0.717, 1.165) is 22.9 Å². The zero-order chi connectivity index (χ0) is 14.3. The van der Waals surface area contributed by atoms with E-state index >= 15 is 0 Å². The highest BCUT2D eigenvalue weighted by molar-refractivity contribution is 9.10. The fourth-order valence-electron chi connectivity index (χ4n) is 2.33. The molecule has 3 N–H and O–H groups in total. The van der Waals surface area contributed by atoms with Gasteiger partial charge in [-0.05, 0) is 30.5 Å². The lowest BCUT2D eigenvalue weighted by atomic mass is 10.0. The summed E-state index contributed by atoms with van der Waals surface area (Å²) in [4.78, 5) is 10.8. The molecule has 1 aliphatic carbocycles. The molecule has 0 amide bonds. The van der Waals surface area contributed by atoms with Gasteiger partial charge < -0.3 is 20.3 Å². The lowest BCUT2D eigenvalue weighted by Crippen LogP contribution is -2.17. The van der Waals surface area contributed by atoms with Crippen LogP contribution in [0.5, 0.6) is 11.5 Å². The summed E-state index contributed by atoms with van der Waals surface area (Å²) in [6.07, 6.45) is 2.14. The smallest absolute Gasteiger partial charge is 0.305 e. The van der Waals surface area contributed by atoms with Crippen LogP contribution in [0.25, 0.3) is 0 Å². The van der Waals surface area contributed by atoms with Gasteiger partial charge in [0.25, 0.3) is 0 Å². The molecule has 2 aliphatic rings. The fourth-order valence-corrected chi connectivity index (χ4v) is 2.94. The van der Waals surface area contributed by atoms with Crippen molar-refractivity contribution in [2.24, 2.45) is 11.1 Å². The highest BCUT2D eigenvalue weighted by Gasteiger charge is 2.46. The van der Waals surface area contributed by atoms with Crippen LogP contribution in [-0.4, -0.2) is 24.3 Å². The van der Waals surface area contributed by atoms with Crippen molar-refractivity contribution >= 4 is 21.9 Å². The minimum absolute atomic E-state index is 0.123. The van der Waals surface area contributed by atoms with E-state index in [1.165, 1.54) is 0 Å². The van der Waals surface area contributed by atoms with Gasteiger partial charge in [0.1, 0.15) is 0 Å². The van der Waals surface area contributed by atoms with Gasteiger partial charge in [0.2, 0.25) is 0 Å². The molecule has 108 valence electrons. The highest BCUT2D eigenvalue weighted by Crippen LogP contribution is 2.49. The second-order valence-electron chi connectivity index (χ2n) is 5.60. The quantitative estimate of drug-likeness (QED) is 0.882. The average Bonchev–Trinajstić information content (AvgIpc) is 3.16. The summed E-state index contributed by atoms with van der Waals surface area (Å²) in [5.41, 5.74) is 6.83. The molecule has 0 radical (unpaired) electrons. The predicted molar refractivity (Wildman–Crippen MR) is 76.0 cm³/mol. The number of carboxylic acid groups (broad SMARTS) is 1. The van der Waals surface area contributed by atoms with Gasteiger partial charge in [-0.1, -0.05) is 15.9 Å². The molecule has 20 heavy (non-hydrogen) atoms. The average molecular weight is 342 g/mol. The molecular weight excluding hydrogens is 326 g/mol. The molecule has 0 bridgehead atoms. The van der Waals surface area contributed by atoms with Crippen LogP contribution in [0.1, 0.15) is 30.9 Å². The van der Waals surface area contributed by atoms with Gasteiger partial charge in [-0.3, -0.25) is 4.79 Å². The molecule has 0 saturated heterocycles. The Morgan fingerprint density at radius 1 is 1.35 bits per heavy atom. The summed E-state index contributed by atoms with van der Waals surface area (Å²) >= 11 is 3.43. The van der Waals surface area contributed by atoms with E-state index in [9.17, 15) is 4.79 Å². The molecule has 1 aliphatic heterocycles. The number of aliphatic carboxylic acids is 1. The third kappa shape index (κ3) is 2.62.